The van der Waals surface area contributed by atoms with Crippen molar-refractivity contribution in [3.05, 3.63) is 84.6 Å². The molecule has 0 fully saturated rings. The molecule has 0 saturated carbocycles. The molecule has 0 amide bonds. The van der Waals surface area contributed by atoms with Crippen molar-refractivity contribution in [3.63, 3.8) is 0 Å². The zero-order valence-electron chi connectivity index (χ0n) is 14.0. The van der Waals surface area contributed by atoms with E-state index >= 15 is 0 Å². The zero-order chi connectivity index (χ0) is 18.6. The van der Waals surface area contributed by atoms with Gasteiger partial charge in [-0.05, 0) is 60.7 Å². The maximum Gasteiger partial charge on any atom is 0.202 e. The van der Waals surface area contributed by atoms with Gasteiger partial charge in [0.25, 0.3) is 0 Å². The van der Waals surface area contributed by atoms with Gasteiger partial charge in [0.05, 0.1) is 0 Å². The normalized spacial score (nSPS) is 10.6. The molecule has 4 aromatic rings. The Morgan fingerprint density at radius 3 is 2.11 bits per heavy atom. The predicted octanol–water partition coefficient (Wildman–Crippen LogP) is 4.62. The summed E-state index contributed by atoms with van der Waals surface area (Å²) in [7, 11) is 0. The van der Waals surface area contributed by atoms with Crippen LogP contribution in [0.2, 0.25) is 0 Å². The molecule has 0 aliphatic heterocycles. The standard InChI is InChI=1S/C20H13F2N5/c21-14-6-4-13(5-7-14)18-20(24-16-10-8-15(22)9-11-16)25-19(27-26-18)17-3-1-2-12-23-17/h1-12H,(H,24,25,27). The fourth-order valence-electron chi connectivity index (χ4n) is 2.49. The highest BCUT2D eigenvalue weighted by Gasteiger charge is 2.14. The van der Waals surface area contributed by atoms with Crippen molar-refractivity contribution in [3.8, 4) is 22.8 Å². The van der Waals surface area contributed by atoms with Crippen LogP contribution in [0.1, 0.15) is 0 Å². The summed E-state index contributed by atoms with van der Waals surface area (Å²) in [5, 5.41) is 11.5. The maximum absolute atomic E-state index is 13.3. The lowest BCUT2D eigenvalue weighted by Crippen LogP contribution is -2.04. The van der Waals surface area contributed by atoms with Gasteiger partial charge in [-0.3, -0.25) is 4.98 Å². The first-order chi connectivity index (χ1) is 13.2. The molecule has 0 unspecified atom stereocenters. The summed E-state index contributed by atoms with van der Waals surface area (Å²) in [6, 6.07) is 17.1. The van der Waals surface area contributed by atoms with Crippen LogP contribution in [0, 0.1) is 11.6 Å². The molecular weight excluding hydrogens is 348 g/mol. The molecule has 7 heteroatoms. The molecule has 2 heterocycles. The summed E-state index contributed by atoms with van der Waals surface area (Å²) in [5.41, 5.74) is 2.29. The van der Waals surface area contributed by atoms with Crippen LogP contribution in [-0.2, 0) is 0 Å². The van der Waals surface area contributed by atoms with E-state index in [9.17, 15) is 8.78 Å². The van der Waals surface area contributed by atoms with E-state index in [-0.39, 0.29) is 11.6 Å². The molecule has 27 heavy (non-hydrogen) atoms. The van der Waals surface area contributed by atoms with Gasteiger partial charge in [-0.25, -0.2) is 13.8 Å². The first-order valence-electron chi connectivity index (χ1n) is 8.14. The van der Waals surface area contributed by atoms with Gasteiger partial charge in [-0.15, -0.1) is 10.2 Å². The van der Waals surface area contributed by atoms with E-state index in [1.165, 1.54) is 24.3 Å². The first-order valence-corrected chi connectivity index (χ1v) is 8.14. The Morgan fingerprint density at radius 1 is 0.741 bits per heavy atom. The van der Waals surface area contributed by atoms with E-state index in [2.05, 4.69) is 25.5 Å². The fraction of sp³-hybridized carbons (Fsp3) is 0. The number of aromatic nitrogens is 4. The highest BCUT2D eigenvalue weighted by molar-refractivity contribution is 5.75. The first kappa shape index (κ1) is 16.7. The van der Waals surface area contributed by atoms with Crippen molar-refractivity contribution in [2.45, 2.75) is 0 Å². The number of halogens is 2. The summed E-state index contributed by atoms with van der Waals surface area (Å²) in [6.07, 6.45) is 1.64. The van der Waals surface area contributed by atoms with E-state index < -0.39 is 0 Å². The van der Waals surface area contributed by atoms with Gasteiger partial charge in [0.1, 0.15) is 23.0 Å². The van der Waals surface area contributed by atoms with Crippen molar-refractivity contribution in [2.75, 3.05) is 5.32 Å². The number of nitrogens with one attached hydrogen (secondary N) is 1. The van der Waals surface area contributed by atoms with Crippen LogP contribution in [-0.4, -0.2) is 20.2 Å². The average Bonchev–Trinajstić information content (AvgIpc) is 2.71. The molecule has 0 radical (unpaired) electrons. The highest BCUT2D eigenvalue weighted by Crippen LogP contribution is 2.28. The quantitative estimate of drug-likeness (QED) is 0.574. The second kappa shape index (κ2) is 7.25. The third-order valence-corrected chi connectivity index (χ3v) is 3.81. The molecule has 0 aliphatic carbocycles. The predicted molar refractivity (Wildman–Crippen MR) is 98.1 cm³/mol. The number of pyridine rings is 1. The van der Waals surface area contributed by atoms with E-state index in [1.807, 2.05) is 6.07 Å². The molecule has 2 aromatic carbocycles. The fourth-order valence-corrected chi connectivity index (χ4v) is 2.49. The third kappa shape index (κ3) is 3.77. The SMILES string of the molecule is Fc1ccc(Nc2nc(-c3ccccn3)nnc2-c2ccc(F)cc2)cc1. The lowest BCUT2D eigenvalue weighted by Gasteiger charge is -2.11. The highest BCUT2D eigenvalue weighted by atomic mass is 19.1. The number of rotatable bonds is 4. The number of anilines is 2. The Kier molecular flexibility index (Phi) is 4.49. The summed E-state index contributed by atoms with van der Waals surface area (Å²) >= 11 is 0. The van der Waals surface area contributed by atoms with E-state index in [1.54, 1.807) is 42.6 Å². The molecule has 2 aromatic heterocycles. The molecule has 1 N–H and O–H groups in total. The summed E-state index contributed by atoms with van der Waals surface area (Å²) in [5.74, 6) is 0.0575. The molecule has 0 aliphatic rings. The number of benzene rings is 2. The second-order valence-corrected chi connectivity index (χ2v) is 5.69. The Morgan fingerprint density at radius 2 is 1.44 bits per heavy atom. The second-order valence-electron chi connectivity index (χ2n) is 5.69. The topological polar surface area (TPSA) is 63.6 Å². The van der Waals surface area contributed by atoms with Crippen LogP contribution in [0.25, 0.3) is 22.8 Å². The lowest BCUT2D eigenvalue weighted by atomic mass is 10.1. The number of nitrogens with zero attached hydrogens (tertiary/aromatic N) is 4. The molecule has 0 atom stereocenters. The van der Waals surface area contributed by atoms with Gasteiger partial charge in [0.2, 0.25) is 5.82 Å². The monoisotopic (exact) mass is 361 g/mol. The van der Waals surface area contributed by atoms with Crippen LogP contribution >= 0.6 is 0 Å². The largest absolute Gasteiger partial charge is 0.338 e. The minimum absolute atomic E-state index is 0.339. The van der Waals surface area contributed by atoms with Crippen LogP contribution in [0.3, 0.4) is 0 Å². The van der Waals surface area contributed by atoms with Gasteiger partial charge in [-0.2, -0.15) is 0 Å². The molecule has 4 rings (SSSR count). The lowest BCUT2D eigenvalue weighted by molar-refractivity contribution is 0.627. The summed E-state index contributed by atoms with van der Waals surface area (Å²) < 4.78 is 26.4. The van der Waals surface area contributed by atoms with Crippen molar-refractivity contribution in [1.82, 2.24) is 20.2 Å². The van der Waals surface area contributed by atoms with Gasteiger partial charge in [-0.1, -0.05) is 6.07 Å². The van der Waals surface area contributed by atoms with Gasteiger partial charge >= 0.3 is 0 Å². The van der Waals surface area contributed by atoms with Crippen LogP contribution in [0.5, 0.6) is 0 Å². The van der Waals surface area contributed by atoms with Gasteiger partial charge in [0.15, 0.2) is 5.82 Å². The number of hydrogen-bond acceptors (Lipinski definition) is 5. The van der Waals surface area contributed by atoms with Crippen molar-refractivity contribution >= 4 is 11.5 Å². The van der Waals surface area contributed by atoms with Crippen molar-refractivity contribution in [2.24, 2.45) is 0 Å². The van der Waals surface area contributed by atoms with E-state index in [0.29, 0.717) is 34.3 Å². The molecule has 132 valence electrons. The van der Waals surface area contributed by atoms with Gasteiger partial charge in [0, 0.05) is 17.4 Å². The number of hydrogen-bond donors (Lipinski definition) is 1. The smallest absolute Gasteiger partial charge is 0.202 e. The van der Waals surface area contributed by atoms with Crippen molar-refractivity contribution in [1.29, 1.82) is 0 Å². The average molecular weight is 361 g/mol. The maximum atomic E-state index is 13.3. The summed E-state index contributed by atoms with van der Waals surface area (Å²) in [4.78, 5) is 8.76. The van der Waals surface area contributed by atoms with Crippen LogP contribution in [0.4, 0.5) is 20.3 Å². The Bertz CT molecular complexity index is 1050. The van der Waals surface area contributed by atoms with Gasteiger partial charge < -0.3 is 5.32 Å². The molecule has 5 nitrogen and oxygen atoms in total. The molecule has 0 spiro atoms. The third-order valence-electron chi connectivity index (χ3n) is 3.81. The molecule has 0 bridgehead atoms. The molecular formula is C20H13F2N5. The minimum atomic E-state index is -0.349. The minimum Gasteiger partial charge on any atom is -0.338 e. The van der Waals surface area contributed by atoms with Crippen LogP contribution in [0.15, 0.2) is 72.9 Å². The van der Waals surface area contributed by atoms with Crippen molar-refractivity contribution < 1.29 is 8.78 Å². The summed E-state index contributed by atoms with van der Waals surface area (Å²) in [6.45, 7) is 0. The van der Waals surface area contributed by atoms with E-state index in [0.717, 1.165) is 0 Å². The zero-order valence-corrected chi connectivity index (χ0v) is 14.0. The Labute approximate surface area is 153 Å². The van der Waals surface area contributed by atoms with Crippen LogP contribution < -0.4 is 5.32 Å². The Hall–Kier alpha value is -3.74. The van der Waals surface area contributed by atoms with E-state index in [4.69, 9.17) is 0 Å². The Balaban J connectivity index is 1.80. The molecule has 0 saturated heterocycles.